The molecule has 0 aliphatic carbocycles. The van der Waals surface area contributed by atoms with Crippen molar-refractivity contribution in [3.05, 3.63) is 0 Å². The Morgan fingerprint density at radius 2 is 2.36 bits per heavy atom. The highest BCUT2D eigenvalue weighted by Crippen LogP contribution is 1.95. The molecule has 0 bridgehead atoms. The van der Waals surface area contributed by atoms with Gasteiger partial charge in [0.15, 0.2) is 0 Å². The second-order valence-electron chi connectivity index (χ2n) is 2.66. The number of carbonyl (C=O) groups excluding carboxylic acids is 1. The zero-order valence-electron chi connectivity index (χ0n) is 6.47. The van der Waals surface area contributed by atoms with E-state index in [4.69, 9.17) is 5.11 Å². The maximum atomic E-state index is 11.1. The maximum absolute atomic E-state index is 11.1. The monoisotopic (exact) mass is 158 g/mol. The molecule has 0 radical (unpaired) electrons. The summed E-state index contributed by atoms with van der Waals surface area (Å²) >= 11 is 0. The lowest BCUT2D eigenvalue weighted by molar-refractivity contribution is -0.123. The van der Waals surface area contributed by atoms with E-state index >= 15 is 0 Å². The van der Waals surface area contributed by atoms with Crippen LogP contribution in [0.1, 0.15) is 12.8 Å². The number of aliphatic hydroxyl groups excluding tert-OH is 1. The number of amides is 1. The molecule has 0 aromatic carbocycles. The number of hydrogen-bond acceptors (Lipinski definition) is 3. The molecule has 1 saturated heterocycles. The van der Waals surface area contributed by atoms with Crippen molar-refractivity contribution in [1.82, 2.24) is 10.6 Å². The average Bonchev–Trinajstić information content (AvgIpc) is 2.18. The molecule has 1 aliphatic rings. The van der Waals surface area contributed by atoms with E-state index in [2.05, 4.69) is 10.6 Å². The van der Waals surface area contributed by atoms with Crippen LogP contribution in [0.15, 0.2) is 0 Å². The van der Waals surface area contributed by atoms with Gasteiger partial charge in [0, 0.05) is 13.2 Å². The van der Waals surface area contributed by atoms with Gasteiger partial charge < -0.3 is 15.7 Å². The zero-order chi connectivity index (χ0) is 8.10. The number of aliphatic hydroxyl groups is 1. The van der Waals surface area contributed by atoms with E-state index < -0.39 is 0 Å². The number of hydrogen-bond donors (Lipinski definition) is 3. The largest absolute Gasteiger partial charge is 0.396 e. The van der Waals surface area contributed by atoms with E-state index in [1.807, 2.05) is 0 Å². The highest BCUT2D eigenvalue weighted by Gasteiger charge is 2.18. The first-order valence-corrected chi connectivity index (χ1v) is 3.96. The first-order valence-electron chi connectivity index (χ1n) is 3.96. The standard InChI is InChI=1S/C7H14N2O2/c10-5-2-6-7(11)9-4-1-3-8-6/h6,8,10H,1-5H2,(H,9,11). The molecule has 1 fully saturated rings. The van der Waals surface area contributed by atoms with Crippen LogP contribution >= 0.6 is 0 Å². The lowest BCUT2D eigenvalue weighted by atomic mass is 10.2. The molecule has 1 atom stereocenters. The number of nitrogens with one attached hydrogen (secondary N) is 2. The van der Waals surface area contributed by atoms with Crippen molar-refractivity contribution in [2.75, 3.05) is 19.7 Å². The minimum absolute atomic E-state index is 0.0107. The van der Waals surface area contributed by atoms with Gasteiger partial charge in [0.25, 0.3) is 0 Å². The molecule has 1 amide bonds. The fourth-order valence-electron chi connectivity index (χ4n) is 1.15. The van der Waals surface area contributed by atoms with Crippen LogP contribution in [0.3, 0.4) is 0 Å². The summed E-state index contributed by atoms with van der Waals surface area (Å²) < 4.78 is 0. The van der Waals surface area contributed by atoms with Gasteiger partial charge in [0.1, 0.15) is 0 Å². The summed E-state index contributed by atoms with van der Waals surface area (Å²) in [6.07, 6.45) is 1.47. The first kappa shape index (κ1) is 8.49. The minimum atomic E-state index is -0.192. The molecule has 64 valence electrons. The molecular formula is C7H14N2O2. The predicted molar refractivity (Wildman–Crippen MR) is 41.1 cm³/mol. The second kappa shape index (κ2) is 4.31. The van der Waals surface area contributed by atoms with E-state index in [0.717, 1.165) is 19.5 Å². The molecule has 0 aromatic heterocycles. The van der Waals surface area contributed by atoms with E-state index in [9.17, 15) is 4.79 Å². The van der Waals surface area contributed by atoms with Gasteiger partial charge in [-0.2, -0.15) is 0 Å². The van der Waals surface area contributed by atoms with Crippen molar-refractivity contribution in [3.8, 4) is 0 Å². The second-order valence-corrected chi connectivity index (χ2v) is 2.66. The van der Waals surface area contributed by atoms with Gasteiger partial charge in [0.05, 0.1) is 6.04 Å². The van der Waals surface area contributed by atoms with E-state index in [1.54, 1.807) is 0 Å². The molecule has 0 saturated carbocycles. The van der Waals surface area contributed by atoms with Gasteiger partial charge in [0.2, 0.25) is 5.91 Å². The Morgan fingerprint density at radius 1 is 1.55 bits per heavy atom. The molecule has 0 aromatic rings. The molecule has 11 heavy (non-hydrogen) atoms. The lowest BCUT2D eigenvalue weighted by Gasteiger charge is -2.11. The normalized spacial score (nSPS) is 25.9. The van der Waals surface area contributed by atoms with Crippen LogP contribution in [0.25, 0.3) is 0 Å². The summed E-state index contributed by atoms with van der Waals surface area (Å²) in [6, 6.07) is -0.192. The highest BCUT2D eigenvalue weighted by molar-refractivity contribution is 5.81. The third kappa shape index (κ3) is 2.48. The van der Waals surface area contributed by atoms with Crippen LogP contribution in [0, 0.1) is 0 Å². The third-order valence-electron chi connectivity index (χ3n) is 1.78. The van der Waals surface area contributed by atoms with Gasteiger partial charge in [-0.25, -0.2) is 0 Å². The van der Waals surface area contributed by atoms with E-state index in [1.165, 1.54) is 0 Å². The van der Waals surface area contributed by atoms with Crippen molar-refractivity contribution in [1.29, 1.82) is 0 Å². The molecule has 0 spiro atoms. The van der Waals surface area contributed by atoms with Crippen molar-refractivity contribution >= 4 is 5.91 Å². The lowest BCUT2D eigenvalue weighted by Crippen LogP contribution is -2.41. The quantitative estimate of drug-likeness (QED) is 0.475. The van der Waals surface area contributed by atoms with Gasteiger partial charge in [-0.1, -0.05) is 0 Å². The SMILES string of the molecule is O=C1NCCCNC1CCO. The van der Waals surface area contributed by atoms with Gasteiger partial charge in [-0.3, -0.25) is 4.79 Å². The Bertz CT molecular complexity index is 138. The number of carbonyl (C=O) groups is 1. The summed E-state index contributed by atoms with van der Waals surface area (Å²) in [5.41, 5.74) is 0. The molecule has 1 rings (SSSR count). The van der Waals surface area contributed by atoms with Crippen LogP contribution in [0.4, 0.5) is 0 Å². The Balaban J connectivity index is 2.39. The minimum Gasteiger partial charge on any atom is -0.396 e. The molecule has 3 N–H and O–H groups in total. The average molecular weight is 158 g/mol. The van der Waals surface area contributed by atoms with Gasteiger partial charge >= 0.3 is 0 Å². The van der Waals surface area contributed by atoms with Crippen LogP contribution in [-0.2, 0) is 4.79 Å². The van der Waals surface area contributed by atoms with Crippen molar-refractivity contribution in [3.63, 3.8) is 0 Å². The van der Waals surface area contributed by atoms with E-state index in [0.29, 0.717) is 6.42 Å². The highest BCUT2D eigenvalue weighted by atomic mass is 16.3. The molecule has 4 nitrogen and oxygen atoms in total. The molecule has 1 aliphatic heterocycles. The van der Waals surface area contributed by atoms with Crippen LogP contribution in [0.2, 0.25) is 0 Å². The van der Waals surface area contributed by atoms with E-state index in [-0.39, 0.29) is 18.6 Å². The summed E-state index contributed by atoms with van der Waals surface area (Å²) in [7, 11) is 0. The smallest absolute Gasteiger partial charge is 0.237 e. The van der Waals surface area contributed by atoms with Gasteiger partial charge in [-0.05, 0) is 19.4 Å². The summed E-state index contributed by atoms with van der Waals surface area (Å²) in [6.45, 7) is 1.66. The van der Waals surface area contributed by atoms with Crippen molar-refractivity contribution < 1.29 is 9.90 Å². The fraction of sp³-hybridized carbons (Fsp3) is 0.857. The molecule has 4 heteroatoms. The van der Waals surface area contributed by atoms with Crippen LogP contribution < -0.4 is 10.6 Å². The Morgan fingerprint density at radius 3 is 3.09 bits per heavy atom. The van der Waals surface area contributed by atoms with Crippen LogP contribution in [-0.4, -0.2) is 36.8 Å². The van der Waals surface area contributed by atoms with Crippen LogP contribution in [0.5, 0.6) is 0 Å². The summed E-state index contributed by atoms with van der Waals surface area (Å²) in [5.74, 6) is 0.0107. The maximum Gasteiger partial charge on any atom is 0.237 e. The fourth-order valence-corrected chi connectivity index (χ4v) is 1.15. The Hall–Kier alpha value is -0.610. The van der Waals surface area contributed by atoms with Crippen molar-refractivity contribution in [2.24, 2.45) is 0 Å². The summed E-state index contributed by atoms with van der Waals surface area (Å²) in [5, 5.41) is 14.4. The topological polar surface area (TPSA) is 61.4 Å². The predicted octanol–water partition coefficient (Wildman–Crippen LogP) is -1.15. The number of rotatable bonds is 2. The van der Waals surface area contributed by atoms with Gasteiger partial charge in [-0.15, -0.1) is 0 Å². The first-order chi connectivity index (χ1) is 5.34. The van der Waals surface area contributed by atoms with Crippen molar-refractivity contribution in [2.45, 2.75) is 18.9 Å². The molecule has 1 unspecified atom stereocenters. The third-order valence-corrected chi connectivity index (χ3v) is 1.78. The summed E-state index contributed by atoms with van der Waals surface area (Å²) in [4.78, 5) is 11.1. The zero-order valence-corrected chi connectivity index (χ0v) is 6.47. The molecular weight excluding hydrogens is 144 g/mol. The molecule has 1 heterocycles. The Labute approximate surface area is 66.0 Å². The Kier molecular flexibility index (Phi) is 3.32.